The largest absolute Gasteiger partial charge is 0.497 e. The molecule has 2 amide bonds. The molecule has 0 bridgehead atoms. The van der Waals surface area contributed by atoms with E-state index in [-0.39, 0.29) is 17.8 Å². The topological polar surface area (TPSA) is 120 Å². The Labute approximate surface area is 221 Å². The van der Waals surface area contributed by atoms with E-state index in [0.717, 1.165) is 17.3 Å². The molecular weight excluding hydrogens is 506 g/mol. The van der Waals surface area contributed by atoms with Crippen LogP contribution in [0.4, 0.5) is 5.69 Å². The molecular formula is C27H21N5O5S. The highest BCUT2D eigenvalue weighted by Gasteiger charge is 2.34. The number of imide groups is 1. The van der Waals surface area contributed by atoms with Gasteiger partial charge in [0.2, 0.25) is 0 Å². The molecule has 190 valence electrons. The van der Waals surface area contributed by atoms with Crippen LogP contribution in [0.2, 0.25) is 0 Å². The Morgan fingerprint density at radius 2 is 1.76 bits per heavy atom. The number of nitro benzene ring substituents is 1. The number of aryl methyl sites for hydroxylation is 1. The van der Waals surface area contributed by atoms with Gasteiger partial charge in [0.05, 0.1) is 23.5 Å². The summed E-state index contributed by atoms with van der Waals surface area (Å²) in [5.74, 6) is -0.219. The standard InChI is InChI=1S/C27H21N5O5S/c1-30-16-28-29-27(30)38-24-12-9-18(14-23(24)32(35)36)13-22-20-5-3-4-6-21(20)25(33)31(26(22)34)15-17-7-10-19(37-2)11-8-17/h3-14,16H,15H2,1-2H3/b22-13-. The first kappa shape index (κ1) is 24.9. The number of hydrogen-bond acceptors (Lipinski definition) is 8. The summed E-state index contributed by atoms with van der Waals surface area (Å²) in [7, 11) is 3.31. The summed E-state index contributed by atoms with van der Waals surface area (Å²) >= 11 is 1.12. The molecule has 38 heavy (non-hydrogen) atoms. The fourth-order valence-electron chi connectivity index (χ4n) is 4.08. The molecule has 3 aromatic carbocycles. The van der Waals surface area contributed by atoms with E-state index < -0.39 is 16.7 Å². The second-order valence-electron chi connectivity index (χ2n) is 8.46. The molecule has 10 nitrogen and oxygen atoms in total. The van der Waals surface area contributed by atoms with Crippen molar-refractivity contribution < 1.29 is 19.2 Å². The SMILES string of the molecule is COc1ccc(CN2C(=O)/C(=C\c3ccc(Sc4nncn4C)c([N+](=O)[O-])c3)c3ccccc3C2=O)cc1. The summed E-state index contributed by atoms with van der Waals surface area (Å²) in [6.45, 7) is 0.0702. The molecule has 1 aromatic heterocycles. The monoisotopic (exact) mass is 527 g/mol. The Balaban J connectivity index is 1.53. The van der Waals surface area contributed by atoms with Crippen LogP contribution >= 0.6 is 11.8 Å². The van der Waals surface area contributed by atoms with Gasteiger partial charge in [0.1, 0.15) is 12.1 Å². The van der Waals surface area contributed by atoms with Gasteiger partial charge in [0.25, 0.3) is 17.5 Å². The van der Waals surface area contributed by atoms with Crippen LogP contribution in [-0.2, 0) is 18.4 Å². The van der Waals surface area contributed by atoms with E-state index in [1.54, 1.807) is 85.5 Å². The minimum Gasteiger partial charge on any atom is -0.497 e. The fraction of sp³-hybridized carbons (Fsp3) is 0.111. The highest BCUT2D eigenvalue weighted by atomic mass is 32.2. The first-order chi connectivity index (χ1) is 18.4. The molecule has 0 saturated carbocycles. The third-order valence-electron chi connectivity index (χ3n) is 6.03. The molecule has 1 aliphatic rings. The number of carbonyl (C=O) groups is 2. The van der Waals surface area contributed by atoms with Crippen LogP contribution in [0.3, 0.4) is 0 Å². The Morgan fingerprint density at radius 3 is 2.42 bits per heavy atom. The zero-order valence-corrected chi connectivity index (χ0v) is 21.2. The summed E-state index contributed by atoms with van der Waals surface area (Å²) in [5.41, 5.74) is 2.22. The summed E-state index contributed by atoms with van der Waals surface area (Å²) < 4.78 is 6.85. The Hall–Kier alpha value is -4.77. The van der Waals surface area contributed by atoms with Crippen molar-refractivity contribution in [1.82, 2.24) is 19.7 Å². The summed E-state index contributed by atoms with van der Waals surface area (Å²) in [4.78, 5) is 39.9. The Kier molecular flexibility index (Phi) is 6.75. The van der Waals surface area contributed by atoms with Crippen LogP contribution in [0, 0.1) is 10.1 Å². The molecule has 0 spiro atoms. The van der Waals surface area contributed by atoms with Gasteiger partial charge in [-0.1, -0.05) is 36.4 Å². The van der Waals surface area contributed by atoms with Crippen molar-refractivity contribution in [2.24, 2.45) is 7.05 Å². The number of hydrogen-bond donors (Lipinski definition) is 0. The van der Waals surface area contributed by atoms with Crippen LogP contribution in [0.25, 0.3) is 11.6 Å². The van der Waals surface area contributed by atoms with Crippen molar-refractivity contribution in [1.29, 1.82) is 0 Å². The van der Waals surface area contributed by atoms with Gasteiger partial charge >= 0.3 is 0 Å². The van der Waals surface area contributed by atoms with Gasteiger partial charge in [-0.2, -0.15) is 0 Å². The van der Waals surface area contributed by atoms with Crippen molar-refractivity contribution in [3.8, 4) is 5.75 Å². The average Bonchev–Trinajstić information content (AvgIpc) is 3.34. The molecule has 2 heterocycles. The highest BCUT2D eigenvalue weighted by molar-refractivity contribution is 7.99. The number of nitrogens with zero attached hydrogens (tertiary/aromatic N) is 5. The molecule has 0 atom stereocenters. The number of benzene rings is 3. The van der Waals surface area contributed by atoms with Crippen LogP contribution in [0.1, 0.15) is 27.0 Å². The first-order valence-corrected chi connectivity index (χ1v) is 12.3. The first-order valence-electron chi connectivity index (χ1n) is 11.5. The van der Waals surface area contributed by atoms with Crippen LogP contribution < -0.4 is 4.74 Å². The minimum atomic E-state index is -0.482. The van der Waals surface area contributed by atoms with E-state index in [0.29, 0.717) is 32.5 Å². The van der Waals surface area contributed by atoms with Crippen molar-refractivity contribution in [3.05, 3.63) is 105 Å². The normalized spacial score (nSPS) is 14.1. The number of amides is 2. The lowest BCUT2D eigenvalue weighted by atomic mass is 9.91. The van der Waals surface area contributed by atoms with Crippen LogP contribution in [0.5, 0.6) is 5.75 Å². The smallest absolute Gasteiger partial charge is 0.283 e. The molecule has 4 aromatic rings. The van der Waals surface area contributed by atoms with Gasteiger partial charge in [-0.25, -0.2) is 0 Å². The minimum absolute atomic E-state index is 0.0702. The number of ether oxygens (including phenoxy) is 1. The molecule has 5 rings (SSSR count). The van der Waals surface area contributed by atoms with Crippen molar-refractivity contribution in [2.75, 3.05) is 7.11 Å². The van der Waals surface area contributed by atoms with Crippen molar-refractivity contribution in [3.63, 3.8) is 0 Å². The lowest BCUT2D eigenvalue weighted by Gasteiger charge is -2.28. The zero-order valence-electron chi connectivity index (χ0n) is 20.4. The number of nitro groups is 1. The van der Waals surface area contributed by atoms with Crippen LogP contribution in [0.15, 0.2) is 83.1 Å². The molecule has 0 fully saturated rings. The molecule has 0 unspecified atom stereocenters. The summed E-state index contributed by atoms with van der Waals surface area (Å²) in [6.07, 6.45) is 3.09. The zero-order chi connectivity index (χ0) is 26.8. The molecule has 11 heteroatoms. The number of aromatic nitrogens is 3. The second-order valence-corrected chi connectivity index (χ2v) is 9.47. The predicted molar refractivity (Wildman–Crippen MR) is 140 cm³/mol. The van der Waals surface area contributed by atoms with Crippen LogP contribution in [-0.4, -0.2) is 43.5 Å². The summed E-state index contributed by atoms with van der Waals surface area (Å²) in [6, 6.07) is 18.7. The maximum atomic E-state index is 13.6. The van der Waals surface area contributed by atoms with Gasteiger partial charge in [0, 0.05) is 24.3 Å². The second kappa shape index (κ2) is 10.3. The van der Waals surface area contributed by atoms with Gasteiger partial charge in [-0.05, 0) is 58.8 Å². The van der Waals surface area contributed by atoms with E-state index >= 15 is 0 Å². The third-order valence-corrected chi connectivity index (χ3v) is 7.15. The molecule has 0 N–H and O–H groups in total. The molecule has 0 radical (unpaired) electrons. The predicted octanol–water partition coefficient (Wildman–Crippen LogP) is 4.61. The van der Waals surface area contributed by atoms with Gasteiger partial charge in [-0.15, -0.1) is 10.2 Å². The quantitative estimate of drug-likeness (QED) is 0.148. The van der Waals surface area contributed by atoms with E-state index in [2.05, 4.69) is 10.2 Å². The lowest BCUT2D eigenvalue weighted by Crippen LogP contribution is -2.41. The van der Waals surface area contributed by atoms with E-state index in [9.17, 15) is 19.7 Å². The van der Waals surface area contributed by atoms with Gasteiger partial charge < -0.3 is 9.30 Å². The molecule has 0 saturated heterocycles. The molecule has 1 aliphatic heterocycles. The third kappa shape index (κ3) is 4.78. The van der Waals surface area contributed by atoms with E-state index in [1.165, 1.54) is 17.3 Å². The van der Waals surface area contributed by atoms with E-state index in [4.69, 9.17) is 4.74 Å². The maximum Gasteiger partial charge on any atom is 0.283 e. The summed E-state index contributed by atoms with van der Waals surface area (Å²) in [5, 5.41) is 20.2. The highest BCUT2D eigenvalue weighted by Crippen LogP contribution is 2.36. The lowest BCUT2D eigenvalue weighted by molar-refractivity contribution is -0.387. The van der Waals surface area contributed by atoms with E-state index in [1.807, 2.05) is 0 Å². The number of methoxy groups -OCH3 is 1. The molecule has 0 aliphatic carbocycles. The fourth-order valence-corrected chi connectivity index (χ4v) is 4.93. The van der Waals surface area contributed by atoms with Gasteiger partial charge in [-0.3, -0.25) is 24.6 Å². The maximum absolute atomic E-state index is 13.6. The Morgan fingerprint density at radius 1 is 1.03 bits per heavy atom. The number of carbonyl (C=O) groups excluding carboxylic acids is 2. The van der Waals surface area contributed by atoms with Crippen molar-refractivity contribution >= 4 is 40.9 Å². The number of fused-ring (bicyclic) bond motifs is 1. The van der Waals surface area contributed by atoms with Gasteiger partial charge in [0.15, 0.2) is 5.16 Å². The average molecular weight is 528 g/mol. The number of rotatable bonds is 7. The Bertz CT molecular complexity index is 1600. The van der Waals surface area contributed by atoms with Crippen molar-refractivity contribution in [2.45, 2.75) is 16.6 Å².